The van der Waals surface area contributed by atoms with E-state index in [2.05, 4.69) is 6.92 Å². The Balaban J connectivity index is 2.23. The summed E-state index contributed by atoms with van der Waals surface area (Å²) >= 11 is 5.82. The van der Waals surface area contributed by atoms with Crippen LogP contribution in [0.15, 0.2) is 0 Å². The number of nitrogens with zero attached hydrogens (tertiary/aromatic N) is 1. The summed E-state index contributed by atoms with van der Waals surface area (Å²) in [6.07, 6.45) is 3.94. The van der Waals surface area contributed by atoms with E-state index in [9.17, 15) is 0 Å². The zero-order valence-electron chi connectivity index (χ0n) is 5.94. The average Bonchev–Trinajstić information content (AvgIpc) is 1.88. The maximum atomic E-state index is 5.82. The SMILES string of the molecule is CCC1CCCN(Cl)C1. The molecule has 1 fully saturated rings. The second kappa shape index (κ2) is 3.43. The highest BCUT2D eigenvalue weighted by Gasteiger charge is 2.15. The van der Waals surface area contributed by atoms with Crippen molar-refractivity contribution in [2.24, 2.45) is 5.92 Å². The van der Waals surface area contributed by atoms with Gasteiger partial charge in [-0.2, -0.15) is 0 Å². The largest absolute Gasteiger partial charge is 0.220 e. The third-order valence-electron chi connectivity index (χ3n) is 2.05. The molecular weight excluding hydrogens is 134 g/mol. The van der Waals surface area contributed by atoms with E-state index in [0.29, 0.717) is 0 Å². The molecule has 0 aromatic heterocycles. The van der Waals surface area contributed by atoms with E-state index in [4.69, 9.17) is 11.8 Å². The third-order valence-corrected chi connectivity index (χ3v) is 2.35. The highest BCUT2D eigenvalue weighted by Crippen LogP contribution is 2.19. The monoisotopic (exact) mass is 147 g/mol. The Morgan fingerprint density at radius 3 is 2.89 bits per heavy atom. The summed E-state index contributed by atoms with van der Waals surface area (Å²) in [6.45, 7) is 4.41. The first-order valence-corrected chi connectivity index (χ1v) is 4.07. The van der Waals surface area contributed by atoms with Crippen LogP contribution in [0.25, 0.3) is 0 Å². The van der Waals surface area contributed by atoms with Crippen molar-refractivity contribution in [3.05, 3.63) is 0 Å². The molecule has 0 spiro atoms. The van der Waals surface area contributed by atoms with Crippen molar-refractivity contribution in [3.63, 3.8) is 0 Å². The molecule has 0 radical (unpaired) electrons. The van der Waals surface area contributed by atoms with Gasteiger partial charge in [-0.05, 0) is 30.5 Å². The molecule has 1 unspecified atom stereocenters. The van der Waals surface area contributed by atoms with Crippen molar-refractivity contribution in [1.29, 1.82) is 0 Å². The molecule has 1 aliphatic heterocycles. The van der Waals surface area contributed by atoms with Crippen molar-refractivity contribution in [2.45, 2.75) is 26.2 Å². The lowest BCUT2D eigenvalue weighted by Gasteiger charge is -2.26. The molecule has 2 heteroatoms. The number of hydrogen-bond donors (Lipinski definition) is 0. The number of halogens is 1. The van der Waals surface area contributed by atoms with Gasteiger partial charge in [-0.1, -0.05) is 13.3 Å². The fraction of sp³-hybridized carbons (Fsp3) is 1.00. The van der Waals surface area contributed by atoms with Gasteiger partial charge in [0.2, 0.25) is 0 Å². The van der Waals surface area contributed by atoms with Gasteiger partial charge >= 0.3 is 0 Å². The van der Waals surface area contributed by atoms with Gasteiger partial charge in [-0.3, -0.25) is 0 Å². The zero-order chi connectivity index (χ0) is 6.69. The summed E-state index contributed by atoms with van der Waals surface area (Å²) in [6, 6.07) is 0. The molecule has 0 amide bonds. The Morgan fingerprint density at radius 2 is 2.44 bits per heavy atom. The summed E-state index contributed by atoms with van der Waals surface area (Å²) in [5, 5.41) is 0. The van der Waals surface area contributed by atoms with Gasteiger partial charge in [0.15, 0.2) is 0 Å². The van der Waals surface area contributed by atoms with Crippen LogP contribution < -0.4 is 0 Å². The molecule has 54 valence electrons. The van der Waals surface area contributed by atoms with Gasteiger partial charge < -0.3 is 0 Å². The van der Waals surface area contributed by atoms with Crippen LogP contribution in [0.1, 0.15) is 26.2 Å². The van der Waals surface area contributed by atoms with Gasteiger partial charge in [0.05, 0.1) is 0 Å². The Labute approximate surface area is 62.1 Å². The molecular formula is C7H14ClN. The highest BCUT2D eigenvalue weighted by atomic mass is 35.5. The minimum absolute atomic E-state index is 0.858. The molecule has 1 nitrogen and oxygen atoms in total. The Bertz CT molecular complexity index is 85.0. The summed E-state index contributed by atoms with van der Waals surface area (Å²) in [5.74, 6) is 0.858. The Hall–Kier alpha value is 0.250. The summed E-state index contributed by atoms with van der Waals surface area (Å²) in [5.41, 5.74) is 0. The van der Waals surface area contributed by atoms with Gasteiger partial charge in [-0.25, -0.2) is 4.42 Å². The van der Waals surface area contributed by atoms with Crippen LogP contribution in [-0.4, -0.2) is 17.5 Å². The normalized spacial score (nSPS) is 30.7. The molecule has 0 saturated carbocycles. The van der Waals surface area contributed by atoms with E-state index in [1.807, 2.05) is 4.42 Å². The van der Waals surface area contributed by atoms with Crippen LogP contribution in [0.2, 0.25) is 0 Å². The maximum absolute atomic E-state index is 5.82. The van der Waals surface area contributed by atoms with E-state index in [1.54, 1.807) is 0 Å². The minimum atomic E-state index is 0.858. The van der Waals surface area contributed by atoms with Crippen molar-refractivity contribution >= 4 is 11.8 Å². The average molecular weight is 148 g/mol. The van der Waals surface area contributed by atoms with Crippen LogP contribution in [0, 0.1) is 5.92 Å². The molecule has 0 aromatic rings. The molecule has 0 bridgehead atoms. The number of hydrogen-bond acceptors (Lipinski definition) is 1. The van der Waals surface area contributed by atoms with Crippen LogP contribution in [0.3, 0.4) is 0 Å². The third kappa shape index (κ3) is 2.15. The second-order valence-electron chi connectivity index (χ2n) is 2.79. The quantitative estimate of drug-likeness (QED) is 0.515. The van der Waals surface area contributed by atoms with Gasteiger partial charge in [0.25, 0.3) is 0 Å². The van der Waals surface area contributed by atoms with E-state index >= 15 is 0 Å². The fourth-order valence-electron chi connectivity index (χ4n) is 1.35. The van der Waals surface area contributed by atoms with Crippen LogP contribution >= 0.6 is 11.8 Å². The molecule has 0 aliphatic carbocycles. The predicted molar refractivity (Wildman–Crippen MR) is 40.4 cm³/mol. The van der Waals surface area contributed by atoms with Crippen molar-refractivity contribution in [2.75, 3.05) is 13.1 Å². The fourth-order valence-corrected chi connectivity index (χ4v) is 1.66. The molecule has 1 saturated heterocycles. The highest BCUT2D eigenvalue weighted by molar-refractivity contribution is 6.13. The van der Waals surface area contributed by atoms with Gasteiger partial charge in [0, 0.05) is 13.1 Å². The lowest BCUT2D eigenvalue weighted by Crippen LogP contribution is -2.27. The molecule has 1 atom stereocenters. The van der Waals surface area contributed by atoms with E-state index in [1.165, 1.54) is 19.3 Å². The number of piperidine rings is 1. The van der Waals surface area contributed by atoms with Gasteiger partial charge in [-0.15, -0.1) is 0 Å². The molecule has 0 aromatic carbocycles. The minimum Gasteiger partial charge on any atom is -0.220 e. The Kier molecular flexibility index (Phi) is 2.80. The van der Waals surface area contributed by atoms with E-state index < -0.39 is 0 Å². The molecule has 0 N–H and O–H groups in total. The van der Waals surface area contributed by atoms with Crippen molar-refractivity contribution in [1.82, 2.24) is 4.42 Å². The first-order valence-electron chi connectivity index (χ1n) is 3.73. The zero-order valence-corrected chi connectivity index (χ0v) is 6.69. The maximum Gasteiger partial charge on any atom is 0.0167 e. The summed E-state index contributed by atoms with van der Waals surface area (Å²) < 4.78 is 1.91. The van der Waals surface area contributed by atoms with E-state index in [-0.39, 0.29) is 0 Å². The van der Waals surface area contributed by atoms with Crippen LogP contribution in [0.4, 0.5) is 0 Å². The number of rotatable bonds is 1. The standard InChI is InChI=1S/C7H14ClN/c1-2-7-4-3-5-9(8)6-7/h7H,2-6H2,1H3. The van der Waals surface area contributed by atoms with Crippen LogP contribution in [0.5, 0.6) is 0 Å². The van der Waals surface area contributed by atoms with Crippen LogP contribution in [-0.2, 0) is 0 Å². The lowest BCUT2D eigenvalue weighted by atomic mass is 9.97. The van der Waals surface area contributed by atoms with Gasteiger partial charge in [0.1, 0.15) is 0 Å². The molecule has 1 rings (SSSR count). The van der Waals surface area contributed by atoms with Crippen molar-refractivity contribution in [3.8, 4) is 0 Å². The van der Waals surface area contributed by atoms with Crippen molar-refractivity contribution < 1.29 is 0 Å². The first-order chi connectivity index (χ1) is 4.33. The summed E-state index contributed by atoms with van der Waals surface area (Å²) in [7, 11) is 0. The smallest absolute Gasteiger partial charge is 0.0167 e. The van der Waals surface area contributed by atoms with E-state index in [0.717, 1.165) is 19.0 Å². The first kappa shape index (κ1) is 7.36. The second-order valence-corrected chi connectivity index (χ2v) is 3.26. The molecule has 1 heterocycles. The lowest BCUT2D eigenvalue weighted by molar-refractivity contribution is 0.271. The summed E-state index contributed by atoms with van der Waals surface area (Å²) in [4.78, 5) is 0. The Morgan fingerprint density at radius 1 is 1.67 bits per heavy atom. The molecule has 9 heavy (non-hydrogen) atoms. The topological polar surface area (TPSA) is 3.24 Å². The predicted octanol–water partition coefficient (Wildman–Crippen LogP) is 2.26. The molecule has 1 aliphatic rings.